The number of H-pyrrole nitrogens is 1. The molecule has 0 radical (unpaired) electrons. The van der Waals surface area contributed by atoms with Gasteiger partial charge in [0.1, 0.15) is 0 Å². The molecule has 6 nitrogen and oxygen atoms in total. The Balaban J connectivity index is 1.65. The molecule has 3 N–H and O–H groups in total. The summed E-state index contributed by atoms with van der Waals surface area (Å²) in [5.41, 5.74) is 8.56. The van der Waals surface area contributed by atoms with Crippen LogP contribution in [0.5, 0.6) is 0 Å². The summed E-state index contributed by atoms with van der Waals surface area (Å²) < 4.78 is 0. The first-order valence-electron chi connectivity index (χ1n) is 10.5. The zero-order valence-corrected chi connectivity index (χ0v) is 18.0. The third-order valence-corrected chi connectivity index (χ3v) is 6.85. The van der Waals surface area contributed by atoms with Crippen molar-refractivity contribution in [3.8, 4) is 11.8 Å². The van der Waals surface area contributed by atoms with Crippen molar-refractivity contribution in [3.05, 3.63) is 40.9 Å². The Morgan fingerprint density at radius 1 is 1.26 bits per heavy atom. The van der Waals surface area contributed by atoms with Gasteiger partial charge in [0.15, 0.2) is 0 Å². The summed E-state index contributed by atoms with van der Waals surface area (Å²) in [4.78, 5) is 32.2. The molecule has 3 heterocycles. The summed E-state index contributed by atoms with van der Waals surface area (Å²) in [6.07, 6.45) is 2.04. The molecule has 0 bridgehead atoms. The van der Waals surface area contributed by atoms with Crippen LogP contribution in [0.15, 0.2) is 30.3 Å². The third kappa shape index (κ3) is 3.12. The lowest BCUT2D eigenvalue weighted by molar-refractivity contribution is -0.129. The quantitative estimate of drug-likeness (QED) is 0.605. The van der Waals surface area contributed by atoms with E-state index in [0.29, 0.717) is 28.6 Å². The lowest BCUT2D eigenvalue weighted by Crippen LogP contribution is -2.48. The molecule has 31 heavy (non-hydrogen) atoms. The summed E-state index contributed by atoms with van der Waals surface area (Å²) in [5.74, 6) is 5.17. The van der Waals surface area contributed by atoms with Crippen molar-refractivity contribution >= 4 is 50.9 Å². The van der Waals surface area contributed by atoms with E-state index >= 15 is 0 Å². The molecule has 1 aromatic heterocycles. The molecule has 3 aromatic rings. The lowest BCUT2D eigenvalue weighted by atomic mass is 9.92. The van der Waals surface area contributed by atoms with Crippen LogP contribution in [0.3, 0.4) is 0 Å². The number of carbonyl (C=O) groups is 2. The van der Waals surface area contributed by atoms with E-state index in [4.69, 9.17) is 17.3 Å². The highest BCUT2D eigenvalue weighted by atomic mass is 35.5. The molecule has 2 amide bonds. The highest BCUT2D eigenvalue weighted by molar-refractivity contribution is 6.37. The number of rotatable bonds is 2. The number of aromatic amines is 1. The van der Waals surface area contributed by atoms with Crippen LogP contribution >= 0.6 is 11.6 Å². The van der Waals surface area contributed by atoms with Gasteiger partial charge in [-0.3, -0.25) is 9.59 Å². The fourth-order valence-corrected chi connectivity index (χ4v) is 5.60. The van der Waals surface area contributed by atoms with E-state index in [1.54, 1.807) is 13.0 Å². The predicted molar refractivity (Wildman–Crippen MR) is 123 cm³/mol. The minimum atomic E-state index is -0.519. The first-order chi connectivity index (χ1) is 15.0. The first kappa shape index (κ1) is 19.8. The van der Waals surface area contributed by atoms with Crippen molar-refractivity contribution in [2.45, 2.75) is 25.8 Å². The summed E-state index contributed by atoms with van der Waals surface area (Å²) in [6.45, 7) is 3.91. The second-order valence-corrected chi connectivity index (χ2v) is 8.69. The fourth-order valence-electron chi connectivity index (χ4n) is 5.27. The first-order valence-corrected chi connectivity index (χ1v) is 10.9. The van der Waals surface area contributed by atoms with Gasteiger partial charge in [-0.1, -0.05) is 35.7 Å². The van der Waals surface area contributed by atoms with Crippen LogP contribution < -0.4 is 10.6 Å². The number of nitrogens with two attached hydrogens (primary N) is 1. The summed E-state index contributed by atoms with van der Waals surface area (Å²) >= 11 is 6.77. The van der Waals surface area contributed by atoms with Crippen molar-refractivity contribution in [2.75, 3.05) is 24.5 Å². The maximum atomic E-state index is 12.6. The van der Waals surface area contributed by atoms with Gasteiger partial charge < -0.3 is 20.5 Å². The number of fused-ring (bicyclic) bond motifs is 4. The minimum Gasteiger partial charge on any atom is -0.367 e. The number of halogens is 1. The average molecular weight is 435 g/mol. The molecule has 2 unspecified atom stereocenters. The zero-order valence-electron chi connectivity index (χ0n) is 17.2. The maximum Gasteiger partial charge on any atom is 0.298 e. The van der Waals surface area contributed by atoms with Gasteiger partial charge in [-0.05, 0) is 43.7 Å². The Hall–Kier alpha value is -3.17. The number of likely N-dealkylation sites (tertiary alicyclic amines) is 1. The third-order valence-electron chi connectivity index (χ3n) is 6.56. The molecular formula is C24H23ClN4O2. The fraction of sp³-hybridized carbons (Fsp3) is 0.333. The van der Waals surface area contributed by atoms with Gasteiger partial charge in [-0.15, -0.1) is 0 Å². The Kier molecular flexibility index (Phi) is 4.79. The van der Waals surface area contributed by atoms with E-state index in [0.717, 1.165) is 47.9 Å². The van der Waals surface area contributed by atoms with E-state index in [-0.39, 0.29) is 11.9 Å². The number of aromatic nitrogens is 1. The molecule has 2 saturated heterocycles. The molecule has 0 saturated carbocycles. The number of hydrogen-bond acceptors (Lipinski definition) is 3. The van der Waals surface area contributed by atoms with Gasteiger partial charge >= 0.3 is 0 Å². The minimum absolute atomic E-state index is 0.105. The number of nitrogens with one attached hydrogen (secondary N) is 1. The van der Waals surface area contributed by atoms with Crippen molar-refractivity contribution in [2.24, 2.45) is 11.7 Å². The number of para-hydroxylation sites is 1. The summed E-state index contributed by atoms with van der Waals surface area (Å²) in [5, 5.41) is 2.40. The number of anilines is 1. The summed E-state index contributed by atoms with van der Waals surface area (Å²) in [6, 6.07) is 9.68. The number of primary amides is 1. The van der Waals surface area contributed by atoms with Gasteiger partial charge in [-0.2, -0.15) is 0 Å². The predicted octanol–water partition coefficient (Wildman–Crippen LogP) is 3.52. The van der Waals surface area contributed by atoms with E-state index in [2.05, 4.69) is 21.7 Å². The molecule has 0 spiro atoms. The zero-order chi connectivity index (χ0) is 21.7. The Morgan fingerprint density at radius 3 is 2.84 bits per heavy atom. The molecular weight excluding hydrogens is 412 g/mol. The number of carbonyl (C=O) groups excluding carboxylic acids is 2. The van der Waals surface area contributed by atoms with Crippen LogP contribution in [-0.4, -0.2) is 47.4 Å². The Labute approximate surface area is 185 Å². The van der Waals surface area contributed by atoms with Gasteiger partial charge in [-0.25, -0.2) is 0 Å². The SMILES string of the molecule is CC#CC(=O)N1CCCC2CN(c3c(Cl)cc(C(N)=O)c4[nH]c5ccccc5c34)CC21. The monoisotopic (exact) mass is 434 g/mol. The molecule has 2 aromatic carbocycles. The topological polar surface area (TPSA) is 82.4 Å². The second kappa shape index (κ2) is 7.51. The van der Waals surface area contributed by atoms with Crippen LogP contribution in [0.4, 0.5) is 5.69 Å². The molecule has 2 aliphatic heterocycles. The molecule has 2 fully saturated rings. The number of nitrogens with zero attached hydrogens (tertiary/aromatic N) is 2. The Morgan fingerprint density at radius 2 is 2.06 bits per heavy atom. The number of hydrogen-bond donors (Lipinski definition) is 2. The van der Waals surface area contributed by atoms with E-state index in [9.17, 15) is 9.59 Å². The number of amides is 2. The molecule has 5 rings (SSSR count). The standard InChI is InChI=1S/C24H23ClN4O2/c1-2-6-20(30)29-10-5-7-14-12-28(13-19(14)29)23-17(25)11-16(24(26)31)22-21(23)15-8-3-4-9-18(15)27-22/h3-4,8-9,11,14,19,27H,5,7,10,12-13H2,1H3,(H2,26,31). The van der Waals surface area contributed by atoms with E-state index in [1.807, 2.05) is 29.2 Å². The van der Waals surface area contributed by atoms with Gasteiger partial charge in [0, 0.05) is 35.9 Å². The summed E-state index contributed by atoms with van der Waals surface area (Å²) in [7, 11) is 0. The van der Waals surface area contributed by atoms with Crippen LogP contribution in [0.2, 0.25) is 5.02 Å². The van der Waals surface area contributed by atoms with Crippen molar-refractivity contribution in [1.29, 1.82) is 0 Å². The van der Waals surface area contributed by atoms with Gasteiger partial charge in [0.25, 0.3) is 11.8 Å². The number of benzene rings is 2. The van der Waals surface area contributed by atoms with Crippen LogP contribution in [0.1, 0.15) is 30.1 Å². The second-order valence-electron chi connectivity index (χ2n) is 8.29. The number of piperidine rings is 1. The lowest BCUT2D eigenvalue weighted by Gasteiger charge is -2.35. The van der Waals surface area contributed by atoms with Gasteiger partial charge in [0.2, 0.25) is 0 Å². The van der Waals surface area contributed by atoms with Crippen LogP contribution in [0, 0.1) is 17.8 Å². The van der Waals surface area contributed by atoms with Crippen molar-refractivity contribution in [1.82, 2.24) is 9.88 Å². The largest absolute Gasteiger partial charge is 0.367 e. The maximum absolute atomic E-state index is 12.6. The van der Waals surface area contributed by atoms with E-state index in [1.165, 1.54) is 0 Å². The highest BCUT2D eigenvalue weighted by Gasteiger charge is 2.42. The normalized spacial score (nSPS) is 20.6. The smallest absolute Gasteiger partial charge is 0.298 e. The molecule has 2 aliphatic rings. The molecule has 0 aliphatic carbocycles. The van der Waals surface area contributed by atoms with Crippen molar-refractivity contribution < 1.29 is 9.59 Å². The Bertz CT molecular complexity index is 1290. The van der Waals surface area contributed by atoms with Crippen molar-refractivity contribution in [3.63, 3.8) is 0 Å². The van der Waals surface area contributed by atoms with Crippen LogP contribution in [-0.2, 0) is 4.79 Å². The van der Waals surface area contributed by atoms with Gasteiger partial charge in [0.05, 0.1) is 27.8 Å². The van der Waals surface area contributed by atoms with E-state index < -0.39 is 5.91 Å². The molecule has 158 valence electrons. The van der Waals surface area contributed by atoms with Crippen LogP contribution in [0.25, 0.3) is 21.8 Å². The average Bonchev–Trinajstić information content (AvgIpc) is 3.34. The highest BCUT2D eigenvalue weighted by Crippen LogP contribution is 2.44. The molecule has 2 atom stereocenters. The molecule has 7 heteroatoms.